The molecular formula is C20H18N4S. The van der Waals surface area contributed by atoms with Crippen molar-refractivity contribution in [1.29, 1.82) is 0 Å². The highest BCUT2D eigenvalue weighted by atomic mass is 32.1. The smallest absolute Gasteiger partial charge is 0.0988 e. The highest BCUT2D eigenvalue weighted by molar-refractivity contribution is 7.09. The number of nitrogens with one attached hydrogen (secondary N) is 1. The van der Waals surface area contributed by atoms with E-state index in [-0.39, 0.29) is 0 Å². The van der Waals surface area contributed by atoms with E-state index in [4.69, 9.17) is 5.10 Å². The predicted molar refractivity (Wildman–Crippen MR) is 102 cm³/mol. The minimum atomic E-state index is 0.759. The van der Waals surface area contributed by atoms with Crippen LogP contribution < -0.4 is 5.32 Å². The molecule has 0 aliphatic carbocycles. The summed E-state index contributed by atoms with van der Waals surface area (Å²) in [6.45, 7) is 1.62. The van der Waals surface area contributed by atoms with E-state index in [0.29, 0.717) is 0 Å². The van der Waals surface area contributed by atoms with Crippen LogP contribution in [0.3, 0.4) is 0 Å². The number of benzene rings is 1. The number of rotatable bonds is 6. The van der Waals surface area contributed by atoms with Crippen LogP contribution in [0.1, 0.15) is 10.4 Å². The van der Waals surface area contributed by atoms with E-state index < -0.39 is 0 Å². The third-order valence-corrected chi connectivity index (χ3v) is 4.82. The monoisotopic (exact) mass is 346 g/mol. The van der Waals surface area contributed by atoms with Gasteiger partial charge in [0, 0.05) is 47.7 Å². The standard InChI is InChI=1S/C20H18N4S/c1-2-7-18(8-3-1)24-15-17(13-22-14-19-9-5-11-25-19)20(23-24)16-6-4-10-21-12-16/h1-12,15,22H,13-14H2. The maximum absolute atomic E-state index is 4.81. The van der Waals surface area contributed by atoms with Crippen molar-refractivity contribution in [2.75, 3.05) is 0 Å². The first-order valence-electron chi connectivity index (χ1n) is 8.17. The molecule has 4 rings (SSSR count). The Morgan fingerprint density at radius 1 is 0.960 bits per heavy atom. The second-order valence-corrected chi connectivity index (χ2v) is 6.74. The summed E-state index contributed by atoms with van der Waals surface area (Å²) in [5, 5.41) is 10.4. The lowest BCUT2D eigenvalue weighted by molar-refractivity contribution is 0.701. The zero-order valence-electron chi connectivity index (χ0n) is 13.7. The molecule has 1 aromatic carbocycles. The molecule has 0 fully saturated rings. The van der Waals surface area contributed by atoms with E-state index in [1.165, 1.54) is 4.88 Å². The van der Waals surface area contributed by atoms with E-state index in [9.17, 15) is 0 Å². The Hall–Kier alpha value is -2.76. The van der Waals surface area contributed by atoms with E-state index in [1.807, 2.05) is 41.2 Å². The van der Waals surface area contributed by atoms with Crippen molar-refractivity contribution in [3.8, 4) is 16.9 Å². The Balaban J connectivity index is 1.62. The number of nitrogens with zero attached hydrogens (tertiary/aromatic N) is 3. The molecule has 0 spiro atoms. The van der Waals surface area contributed by atoms with E-state index in [2.05, 4.69) is 46.1 Å². The van der Waals surface area contributed by atoms with Crippen LogP contribution in [-0.2, 0) is 13.1 Å². The van der Waals surface area contributed by atoms with Crippen molar-refractivity contribution in [3.05, 3.63) is 89.0 Å². The summed E-state index contributed by atoms with van der Waals surface area (Å²) in [5.74, 6) is 0. The normalized spacial score (nSPS) is 10.9. The maximum atomic E-state index is 4.81. The molecule has 0 aliphatic heterocycles. The van der Waals surface area contributed by atoms with Gasteiger partial charge in [0.15, 0.2) is 0 Å². The summed E-state index contributed by atoms with van der Waals surface area (Å²) in [6, 6.07) is 18.4. The molecule has 0 unspecified atom stereocenters. The number of hydrogen-bond donors (Lipinski definition) is 1. The summed E-state index contributed by atoms with van der Waals surface area (Å²) in [6.07, 6.45) is 5.74. The number of thiophene rings is 1. The van der Waals surface area contributed by atoms with Gasteiger partial charge in [0.05, 0.1) is 11.4 Å². The van der Waals surface area contributed by atoms with Gasteiger partial charge in [-0.2, -0.15) is 5.10 Å². The molecule has 0 aliphatic rings. The molecule has 124 valence electrons. The first kappa shape index (κ1) is 15.7. The zero-order valence-corrected chi connectivity index (χ0v) is 14.5. The Kier molecular flexibility index (Phi) is 4.68. The molecule has 5 heteroatoms. The quantitative estimate of drug-likeness (QED) is 0.566. The average molecular weight is 346 g/mol. The average Bonchev–Trinajstić information content (AvgIpc) is 3.33. The van der Waals surface area contributed by atoms with Gasteiger partial charge in [-0.15, -0.1) is 11.3 Å². The molecule has 0 saturated carbocycles. The van der Waals surface area contributed by atoms with E-state index >= 15 is 0 Å². The summed E-state index contributed by atoms with van der Waals surface area (Å²) in [7, 11) is 0. The summed E-state index contributed by atoms with van der Waals surface area (Å²) >= 11 is 1.77. The van der Waals surface area contributed by atoms with E-state index in [0.717, 1.165) is 35.6 Å². The Labute approximate surface area is 150 Å². The lowest BCUT2D eigenvalue weighted by Gasteiger charge is -2.03. The summed E-state index contributed by atoms with van der Waals surface area (Å²) in [4.78, 5) is 5.57. The summed E-state index contributed by atoms with van der Waals surface area (Å²) < 4.78 is 1.94. The van der Waals surface area contributed by atoms with Gasteiger partial charge in [-0.3, -0.25) is 4.98 Å². The number of hydrogen-bond acceptors (Lipinski definition) is 4. The zero-order chi connectivity index (χ0) is 16.9. The van der Waals surface area contributed by atoms with Gasteiger partial charge in [0.1, 0.15) is 0 Å². The van der Waals surface area contributed by atoms with Crippen LogP contribution in [0.5, 0.6) is 0 Å². The Bertz CT molecular complexity index is 915. The topological polar surface area (TPSA) is 42.7 Å². The van der Waals surface area contributed by atoms with E-state index in [1.54, 1.807) is 17.5 Å². The number of para-hydroxylation sites is 1. The Morgan fingerprint density at radius 2 is 1.88 bits per heavy atom. The second-order valence-electron chi connectivity index (χ2n) is 5.71. The van der Waals surface area contributed by atoms with Gasteiger partial charge in [-0.1, -0.05) is 24.3 Å². The molecule has 25 heavy (non-hydrogen) atoms. The fraction of sp³-hybridized carbons (Fsp3) is 0.100. The first-order valence-corrected chi connectivity index (χ1v) is 9.05. The van der Waals surface area contributed by atoms with Crippen molar-refractivity contribution in [3.63, 3.8) is 0 Å². The van der Waals surface area contributed by atoms with Crippen molar-refractivity contribution in [1.82, 2.24) is 20.1 Å². The molecule has 3 aromatic heterocycles. The highest BCUT2D eigenvalue weighted by Crippen LogP contribution is 2.23. The van der Waals surface area contributed by atoms with Crippen LogP contribution in [0.15, 0.2) is 78.6 Å². The lowest BCUT2D eigenvalue weighted by Crippen LogP contribution is -2.11. The van der Waals surface area contributed by atoms with Crippen LogP contribution >= 0.6 is 11.3 Å². The van der Waals surface area contributed by atoms with Crippen molar-refractivity contribution >= 4 is 11.3 Å². The SMILES string of the molecule is c1ccc(-n2cc(CNCc3cccs3)c(-c3cccnc3)n2)cc1. The third-order valence-electron chi connectivity index (χ3n) is 3.94. The van der Waals surface area contributed by atoms with Crippen LogP contribution in [0.25, 0.3) is 16.9 Å². The first-order chi connectivity index (χ1) is 12.4. The molecule has 0 radical (unpaired) electrons. The molecule has 0 saturated heterocycles. The molecule has 1 N–H and O–H groups in total. The fourth-order valence-corrected chi connectivity index (χ4v) is 3.41. The highest BCUT2D eigenvalue weighted by Gasteiger charge is 2.12. The van der Waals surface area contributed by atoms with Crippen LogP contribution in [-0.4, -0.2) is 14.8 Å². The van der Waals surface area contributed by atoms with Crippen LogP contribution in [0.2, 0.25) is 0 Å². The van der Waals surface area contributed by atoms with Gasteiger partial charge < -0.3 is 5.32 Å². The maximum Gasteiger partial charge on any atom is 0.0988 e. The molecule has 0 bridgehead atoms. The molecule has 0 atom stereocenters. The largest absolute Gasteiger partial charge is 0.308 e. The van der Waals surface area contributed by atoms with Gasteiger partial charge in [-0.25, -0.2) is 4.68 Å². The summed E-state index contributed by atoms with van der Waals surface area (Å²) in [5.41, 5.74) is 4.21. The van der Waals surface area contributed by atoms with Gasteiger partial charge in [-0.05, 0) is 35.7 Å². The molecule has 0 amide bonds. The van der Waals surface area contributed by atoms with Crippen LogP contribution in [0.4, 0.5) is 0 Å². The van der Waals surface area contributed by atoms with Crippen molar-refractivity contribution in [2.45, 2.75) is 13.1 Å². The molecular weight excluding hydrogens is 328 g/mol. The van der Waals surface area contributed by atoms with Gasteiger partial charge >= 0.3 is 0 Å². The fourth-order valence-electron chi connectivity index (χ4n) is 2.73. The molecule has 4 nitrogen and oxygen atoms in total. The second kappa shape index (κ2) is 7.42. The van der Waals surface area contributed by atoms with Crippen molar-refractivity contribution in [2.24, 2.45) is 0 Å². The van der Waals surface area contributed by atoms with Crippen molar-refractivity contribution < 1.29 is 0 Å². The van der Waals surface area contributed by atoms with Gasteiger partial charge in [0.2, 0.25) is 0 Å². The Morgan fingerprint density at radius 3 is 2.64 bits per heavy atom. The molecule has 3 heterocycles. The molecule has 4 aromatic rings. The minimum Gasteiger partial charge on any atom is -0.308 e. The lowest BCUT2D eigenvalue weighted by atomic mass is 10.1. The van der Waals surface area contributed by atoms with Gasteiger partial charge in [0.25, 0.3) is 0 Å². The third kappa shape index (κ3) is 3.68. The number of pyridine rings is 1. The predicted octanol–water partition coefficient (Wildman–Crippen LogP) is 4.29. The van der Waals surface area contributed by atoms with Crippen LogP contribution in [0, 0.1) is 0 Å². The number of aromatic nitrogens is 3. The minimum absolute atomic E-state index is 0.759.